The Hall–Kier alpha value is -3.44. The van der Waals surface area contributed by atoms with E-state index in [9.17, 15) is 35.9 Å². The Morgan fingerprint density at radius 2 is 1.45 bits per heavy atom. The van der Waals surface area contributed by atoms with Gasteiger partial charge < -0.3 is 19.3 Å². The van der Waals surface area contributed by atoms with Crippen LogP contribution < -0.4 is 9.47 Å². The van der Waals surface area contributed by atoms with Crippen LogP contribution in [0.15, 0.2) is 30.3 Å². The van der Waals surface area contributed by atoms with Crippen molar-refractivity contribution in [2.45, 2.75) is 45.1 Å². The Morgan fingerprint density at radius 1 is 0.895 bits per heavy atom. The highest BCUT2D eigenvalue weighted by Crippen LogP contribution is 2.37. The lowest BCUT2D eigenvalue weighted by Crippen LogP contribution is -2.45. The Bertz CT molecular complexity index is 1150. The van der Waals surface area contributed by atoms with E-state index in [1.807, 2.05) is 6.07 Å². The monoisotopic (exact) mass is 546 g/mol. The summed E-state index contributed by atoms with van der Waals surface area (Å²) in [6.45, 7) is 1.83. The molecule has 38 heavy (non-hydrogen) atoms. The average molecular weight is 547 g/mol. The van der Waals surface area contributed by atoms with Crippen molar-refractivity contribution in [2.75, 3.05) is 33.9 Å². The number of amides is 2. The molecule has 0 saturated heterocycles. The van der Waals surface area contributed by atoms with Gasteiger partial charge in [-0.25, -0.2) is 0 Å². The maximum atomic E-state index is 13.3. The standard InChI is InChI=1S/C26H28F6N2O4/c1-4-5-7-34(24(36)17-9-19(25(27,28)29)13-20(10-17)26(30,31)32)15-23(35)33-8-6-16-11-21(37-2)22(38-3)12-18(16)14-33/h9-13H,4-8,14-15H2,1-3H3. The molecule has 6 nitrogen and oxygen atoms in total. The van der Waals surface area contributed by atoms with Crippen molar-refractivity contribution in [3.63, 3.8) is 0 Å². The molecule has 0 aromatic heterocycles. The molecule has 0 unspecified atom stereocenters. The van der Waals surface area contributed by atoms with Crippen LogP contribution in [-0.4, -0.2) is 55.5 Å². The van der Waals surface area contributed by atoms with Crippen molar-refractivity contribution in [1.82, 2.24) is 9.80 Å². The van der Waals surface area contributed by atoms with Crippen LogP contribution in [0.25, 0.3) is 0 Å². The van der Waals surface area contributed by atoms with Crippen LogP contribution in [0.3, 0.4) is 0 Å². The molecule has 3 rings (SSSR count). The highest BCUT2D eigenvalue weighted by Gasteiger charge is 2.38. The number of hydrogen-bond acceptors (Lipinski definition) is 4. The van der Waals surface area contributed by atoms with Gasteiger partial charge in [0.25, 0.3) is 5.91 Å². The van der Waals surface area contributed by atoms with Crippen molar-refractivity contribution >= 4 is 11.8 Å². The van der Waals surface area contributed by atoms with Crippen LogP contribution in [0.4, 0.5) is 26.3 Å². The number of benzene rings is 2. The number of halogens is 6. The summed E-state index contributed by atoms with van der Waals surface area (Å²) in [5.74, 6) is -0.530. The zero-order chi connectivity index (χ0) is 28.3. The third kappa shape index (κ3) is 6.70. The lowest BCUT2D eigenvalue weighted by atomic mass is 9.98. The topological polar surface area (TPSA) is 59.1 Å². The minimum atomic E-state index is -5.09. The predicted molar refractivity (Wildman–Crippen MR) is 126 cm³/mol. The van der Waals surface area contributed by atoms with Gasteiger partial charge in [0.1, 0.15) is 6.54 Å². The van der Waals surface area contributed by atoms with Gasteiger partial charge in [-0.1, -0.05) is 13.3 Å². The molecular formula is C26H28F6N2O4. The number of fused-ring (bicyclic) bond motifs is 1. The van der Waals surface area contributed by atoms with E-state index < -0.39 is 47.4 Å². The van der Waals surface area contributed by atoms with Gasteiger partial charge in [-0.15, -0.1) is 0 Å². The van der Waals surface area contributed by atoms with Gasteiger partial charge in [0, 0.05) is 25.2 Å². The Balaban J connectivity index is 1.87. The molecule has 1 heterocycles. The maximum Gasteiger partial charge on any atom is 0.416 e. The van der Waals surface area contributed by atoms with Gasteiger partial charge >= 0.3 is 12.4 Å². The van der Waals surface area contributed by atoms with Crippen molar-refractivity contribution in [1.29, 1.82) is 0 Å². The third-order valence-electron chi connectivity index (χ3n) is 6.30. The minimum absolute atomic E-state index is 0.00583. The zero-order valence-corrected chi connectivity index (χ0v) is 21.1. The number of methoxy groups -OCH3 is 2. The minimum Gasteiger partial charge on any atom is -0.493 e. The van der Waals surface area contributed by atoms with E-state index in [0.717, 1.165) is 16.0 Å². The van der Waals surface area contributed by atoms with Crippen LogP contribution in [-0.2, 0) is 30.1 Å². The van der Waals surface area contributed by atoms with E-state index in [1.165, 1.54) is 19.1 Å². The normalized spacial score (nSPS) is 13.7. The van der Waals surface area contributed by atoms with E-state index in [0.29, 0.717) is 49.4 Å². The van der Waals surface area contributed by atoms with Crippen molar-refractivity contribution in [3.8, 4) is 11.5 Å². The number of carbonyl (C=O) groups excluding carboxylic acids is 2. The first-order chi connectivity index (χ1) is 17.8. The second-order valence-corrected chi connectivity index (χ2v) is 8.92. The predicted octanol–water partition coefficient (Wildman–Crippen LogP) is 5.57. The summed E-state index contributed by atoms with van der Waals surface area (Å²) in [5, 5.41) is 0. The fourth-order valence-corrected chi connectivity index (χ4v) is 4.22. The molecule has 0 bridgehead atoms. The zero-order valence-electron chi connectivity index (χ0n) is 21.1. The summed E-state index contributed by atoms with van der Waals surface area (Å²) in [7, 11) is 2.98. The highest BCUT2D eigenvalue weighted by atomic mass is 19.4. The molecule has 12 heteroatoms. The highest BCUT2D eigenvalue weighted by molar-refractivity contribution is 5.97. The second-order valence-electron chi connectivity index (χ2n) is 8.92. The molecule has 2 aromatic rings. The van der Waals surface area contributed by atoms with Crippen LogP contribution in [0.5, 0.6) is 11.5 Å². The third-order valence-corrected chi connectivity index (χ3v) is 6.30. The summed E-state index contributed by atoms with van der Waals surface area (Å²) >= 11 is 0. The molecular weight excluding hydrogens is 518 g/mol. The summed E-state index contributed by atoms with van der Waals surface area (Å²) < 4.78 is 90.5. The Labute approximate surface area is 216 Å². The number of carbonyl (C=O) groups is 2. The summed E-state index contributed by atoms with van der Waals surface area (Å²) in [6.07, 6.45) is -8.69. The van der Waals surface area contributed by atoms with E-state index in [1.54, 1.807) is 13.0 Å². The fraction of sp³-hybridized carbons (Fsp3) is 0.462. The number of ether oxygens (including phenoxy) is 2. The largest absolute Gasteiger partial charge is 0.493 e. The van der Waals surface area contributed by atoms with Crippen molar-refractivity contribution in [2.24, 2.45) is 0 Å². The van der Waals surface area contributed by atoms with Gasteiger partial charge in [0.2, 0.25) is 5.91 Å². The second kappa shape index (κ2) is 11.5. The summed E-state index contributed by atoms with van der Waals surface area (Å²) in [5.41, 5.74) is -2.20. The lowest BCUT2D eigenvalue weighted by Gasteiger charge is -2.32. The molecule has 0 aliphatic carbocycles. The van der Waals surface area contributed by atoms with Gasteiger partial charge in [-0.05, 0) is 54.3 Å². The first-order valence-corrected chi connectivity index (χ1v) is 11.9. The molecule has 1 aliphatic rings. The van der Waals surface area contributed by atoms with Crippen molar-refractivity contribution in [3.05, 3.63) is 58.1 Å². The number of rotatable bonds is 8. The van der Waals surface area contributed by atoms with Gasteiger partial charge in [-0.2, -0.15) is 26.3 Å². The molecule has 0 N–H and O–H groups in total. The summed E-state index contributed by atoms with van der Waals surface area (Å²) in [4.78, 5) is 28.8. The smallest absolute Gasteiger partial charge is 0.416 e. The van der Waals surface area contributed by atoms with E-state index >= 15 is 0 Å². The van der Waals surface area contributed by atoms with Crippen LogP contribution in [0.1, 0.15) is 52.4 Å². The van der Waals surface area contributed by atoms with Gasteiger partial charge in [-0.3, -0.25) is 9.59 Å². The molecule has 0 atom stereocenters. The molecule has 2 aromatic carbocycles. The van der Waals surface area contributed by atoms with Crippen molar-refractivity contribution < 1.29 is 45.4 Å². The van der Waals surface area contributed by atoms with Gasteiger partial charge in [0.15, 0.2) is 11.5 Å². The Morgan fingerprint density at radius 3 is 1.95 bits per heavy atom. The van der Waals surface area contributed by atoms with Crippen LogP contribution in [0.2, 0.25) is 0 Å². The van der Waals surface area contributed by atoms with E-state index in [4.69, 9.17) is 9.47 Å². The summed E-state index contributed by atoms with van der Waals surface area (Å²) in [6, 6.07) is 4.30. The molecule has 0 fully saturated rings. The molecule has 208 valence electrons. The SMILES string of the molecule is CCCCN(CC(=O)N1CCc2cc(OC)c(OC)cc2C1)C(=O)c1cc(C(F)(F)F)cc(C(F)(F)F)c1. The number of unbranched alkanes of at least 4 members (excludes halogenated alkanes) is 1. The quantitative estimate of drug-likeness (QED) is 0.407. The first kappa shape index (κ1) is 29.1. The molecule has 0 spiro atoms. The fourth-order valence-electron chi connectivity index (χ4n) is 4.22. The number of nitrogens with zero attached hydrogens (tertiary/aromatic N) is 2. The van der Waals surface area contributed by atoms with Crippen LogP contribution >= 0.6 is 0 Å². The Kier molecular flexibility index (Phi) is 8.83. The lowest BCUT2D eigenvalue weighted by molar-refractivity contribution is -0.143. The number of alkyl halides is 6. The molecule has 0 saturated carbocycles. The molecule has 2 amide bonds. The van der Waals surface area contributed by atoms with E-state index in [-0.39, 0.29) is 19.2 Å². The average Bonchev–Trinajstić information content (AvgIpc) is 2.87. The van der Waals surface area contributed by atoms with Gasteiger partial charge in [0.05, 0.1) is 25.3 Å². The maximum absolute atomic E-state index is 13.3. The van der Waals surface area contributed by atoms with E-state index in [2.05, 4.69) is 0 Å². The first-order valence-electron chi connectivity index (χ1n) is 11.9. The van der Waals surface area contributed by atoms with Crippen LogP contribution in [0, 0.1) is 0 Å². The number of hydrogen-bond donors (Lipinski definition) is 0. The molecule has 0 radical (unpaired) electrons. The molecule has 1 aliphatic heterocycles.